The standard InChI is InChI=1S/C7H8ClN3.ClH/c8-4-5-1-2-11-6(3-5)7(9)10;/h1-3H,4H2,(H3,9,10);1H. The summed E-state index contributed by atoms with van der Waals surface area (Å²) in [7, 11) is 0. The quantitative estimate of drug-likeness (QED) is 0.437. The van der Waals surface area contributed by atoms with Crippen LogP contribution in [0.5, 0.6) is 0 Å². The number of nitrogens with zero attached hydrogens (tertiary/aromatic N) is 1. The second kappa shape index (κ2) is 4.95. The van der Waals surface area contributed by atoms with Crippen LogP contribution in [0.25, 0.3) is 0 Å². The van der Waals surface area contributed by atoms with Gasteiger partial charge in [-0.3, -0.25) is 10.4 Å². The number of alkyl halides is 1. The topological polar surface area (TPSA) is 62.8 Å². The summed E-state index contributed by atoms with van der Waals surface area (Å²) in [6.07, 6.45) is 1.59. The van der Waals surface area contributed by atoms with Crippen molar-refractivity contribution in [3.8, 4) is 0 Å². The van der Waals surface area contributed by atoms with Crippen LogP contribution in [0.3, 0.4) is 0 Å². The van der Waals surface area contributed by atoms with Crippen LogP contribution >= 0.6 is 24.0 Å². The van der Waals surface area contributed by atoms with Gasteiger partial charge < -0.3 is 5.73 Å². The highest BCUT2D eigenvalue weighted by atomic mass is 35.5. The van der Waals surface area contributed by atoms with Crippen molar-refractivity contribution in [1.29, 1.82) is 5.41 Å². The van der Waals surface area contributed by atoms with Crippen molar-refractivity contribution >= 4 is 29.8 Å². The lowest BCUT2D eigenvalue weighted by atomic mass is 10.2. The predicted octanol–water partition coefficient (Wildman–Crippen LogP) is 1.53. The van der Waals surface area contributed by atoms with Gasteiger partial charge in [0.1, 0.15) is 11.5 Å². The van der Waals surface area contributed by atoms with E-state index >= 15 is 0 Å². The number of nitrogens with one attached hydrogen (secondary N) is 1. The molecule has 66 valence electrons. The van der Waals surface area contributed by atoms with Gasteiger partial charge in [-0.15, -0.1) is 24.0 Å². The highest BCUT2D eigenvalue weighted by Crippen LogP contribution is 2.03. The highest BCUT2D eigenvalue weighted by molar-refractivity contribution is 6.17. The van der Waals surface area contributed by atoms with E-state index in [1.807, 2.05) is 0 Å². The fraction of sp³-hybridized carbons (Fsp3) is 0.143. The van der Waals surface area contributed by atoms with E-state index in [0.29, 0.717) is 11.6 Å². The van der Waals surface area contributed by atoms with Gasteiger partial charge in [-0.2, -0.15) is 0 Å². The molecule has 1 heterocycles. The Morgan fingerprint density at radius 3 is 2.83 bits per heavy atom. The van der Waals surface area contributed by atoms with Crippen LogP contribution in [0, 0.1) is 5.41 Å². The van der Waals surface area contributed by atoms with Crippen molar-refractivity contribution in [1.82, 2.24) is 4.98 Å². The van der Waals surface area contributed by atoms with Crippen LogP contribution in [0.15, 0.2) is 18.3 Å². The molecule has 0 saturated heterocycles. The Kier molecular flexibility index (Phi) is 4.62. The zero-order valence-corrected chi connectivity index (χ0v) is 7.82. The summed E-state index contributed by atoms with van der Waals surface area (Å²) in [5.41, 5.74) is 6.61. The molecule has 0 aliphatic heterocycles. The second-order valence-corrected chi connectivity index (χ2v) is 2.36. The minimum absolute atomic E-state index is 0. The summed E-state index contributed by atoms with van der Waals surface area (Å²) < 4.78 is 0. The first kappa shape index (κ1) is 11.2. The lowest BCUT2D eigenvalue weighted by Gasteiger charge is -1.98. The van der Waals surface area contributed by atoms with Gasteiger partial charge in [0.2, 0.25) is 0 Å². The summed E-state index contributed by atoms with van der Waals surface area (Å²) >= 11 is 5.56. The van der Waals surface area contributed by atoms with E-state index in [4.69, 9.17) is 22.7 Å². The van der Waals surface area contributed by atoms with E-state index in [1.54, 1.807) is 18.3 Å². The maximum absolute atomic E-state index is 7.08. The molecule has 0 atom stereocenters. The smallest absolute Gasteiger partial charge is 0.141 e. The van der Waals surface area contributed by atoms with E-state index in [-0.39, 0.29) is 18.2 Å². The van der Waals surface area contributed by atoms with Crippen molar-refractivity contribution < 1.29 is 0 Å². The number of nitrogen functional groups attached to an aromatic ring is 1. The van der Waals surface area contributed by atoms with Crippen LogP contribution in [-0.2, 0) is 5.88 Å². The highest BCUT2D eigenvalue weighted by Gasteiger charge is 1.97. The summed E-state index contributed by atoms with van der Waals surface area (Å²) in [4.78, 5) is 3.88. The van der Waals surface area contributed by atoms with Gasteiger partial charge in [-0.1, -0.05) is 0 Å². The number of nitrogens with two attached hydrogens (primary N) is 1. The molecule has 0 spiro atoms. The van der Waals surface area contributed by atoms with E-state index in [0.717, 1.165) is 5.56 Å². The number of pyridine rings is 1. The van der Waals surface area contributed by atoms with Crippen LogP contribution < -0.4 is 5.73 Å². The monoisotopic (exact) mass is 205 g/mol. The fourth-order valence-corrected chi connectivity index (χ4v) is 0.871. The summed E-state index contributed by atoms with van der Waals surface area (Å²) in [6.45, 7) is 0. The van der Waals surface area contributed by atoms with Gasteiger partial charge >= 0.3 is 0 Å². The average Bonchev–Trinajstić information content (AvgIpc) is 2.05. The number of rotatable bonds is 2. The van der Waals surface area contributed by atoms with Crippen LogP contribution in [-0.4, -0.2) is 10.8 Å². The Morgan fingerprint density at radius 1 is 1.67 bits per heavy atom. The normalized spacial score (nSPS) is 8.75. The fourth-order valence-electron chi connectivity index (χ4n) is 0.705. The zero-order valence-electron chi connectivity index (χ0n) is 6.25. The van der Waals surface area contributed by atoms with Crippen molar-refractivity contribution in [3.63, 3.8) is 0 Å². The number of aromatic nitrogens is 1. The van der Waals surface area contributed by atoms with Crippen molar-refractivity contribution in [3.05, 3.63) is 29.6 Å². The van der Waals surface area contributed by atoms with E-state index < -0.39 is 0 Å². The molecular formula is C7H9Cl2N3. The maximum atomic E-state index is 7.08. The Labute approximate surface area is 81.9 Å². The molecule has 12 heavy (non-hydrogen) atoms. The van der Waals surface area contributed by atoms with Crippen molar-refractivity contribution in [2.24, 2.45) is 5.73 Å². The molecule has 0 radical (unpaired) electrons. The zero-order chi connectivity index (χ0) is 8.27. The molecular weight excluding hydrogens is 197 g/mol. The lowest BCUT2D eigenvalue weighted by molar-refractivity contribution is 1.22. The molecule has 0 amide bonds. The first-order valence-corrected chi connectivity index (χ1v) is 3.63. The molecule has 0 saturated carbocycles. The van der Waals surface area contributed by atoms with E-state index in [9.17, 15) is 0 Å². The molecule has 0 aromatic carbocycles. The summed E-state index contributed by atoms with van der Waals surface area (Å²) in [5, 5.41) is 7.08. The Balaban J connectivity index is 0.00000121. The molecule has 1 rings (SSSR count). The number of amidine groups is 1. The van der Waals surface area contributed by atoms with Crippen LogP contribution in [0.2, 0.25) is 0 Å². The minimum atomic E-state index is -0.0306. The molecule has 3 nitrogen and oxygen atoms in total. The average molecular weight is 206 g/mol. The summed E-state index contributed by atoms with van der Waals surface area (Å²) in [6, 6.07) is 3.49. The molecule has 1 aromatic rings. The van der Waals surface area contributed by atoms with E-state index in [1.165, 1.54) is 0 Å². The molecule has 5 heteroatoms. The Morgan fingerprint density at radius 2 is 2.33 bits per heavy atom. The third-order valence-corrected chi connectivity index (χ3v) is 1.56. The van der Waals surface area contributed by atoms with Crippen molar-refractivity contribution in [2.45, 2.75) is 5.88 Å². The predicted molar refractivity (Wildman–Crippen MR) is 52.1 cm³/mol. The molecule has 0 unspecified atom stereocenters. The van der Waals surface area contributed by atoms with Gasteiger partial charge in [0.25, 0.3) is 0 Å². The largest absolute Gasteiger partial charge is 0.382 e. The van der Waals surface area contributed by atoms with Gasteiger partial charge in [0.15, 0.2) is 0 Å². The third kappa shape index (κ3) is 2.68. The van der Waals surface area contributed by atoms with Gasteiger partial charge in [0, 0.05) is 12.1 Å². The number of hydrogen-bond donors (Lipinski definition) is 2. The number of halogens is 2. The Hall–Kier alpha value is -0.800. The molecule has 0 bridgehead atoms. The van der Waals surface area contributed by atoms with Gasteiger partial charge in [-0.25, -0.2) is 0 Å². The van der Waals surface area contributed by atoms with E-state index in [2.05, 4.69) is 4.98 Å². The molecule has 3 N–H and O–H groups in total. The molecule has 0 fully saturated rings. The maximum Gasteiger partial charge on any atom is 0.141 e. The first-order valence-electron chi connectivity index (χ1n) is 3.09. The van der Waals surface area contributed by atoms with Gasteiger partial charge in [-0.05, 0) is 17.7 Å². The second-order valence-electron chi connectivity index (χ2n) is 2.10. The molecule has 0 aliphatic rings. The lowest BCUT2D eigenvalue weighted by Crippen LogP contribution is -2.12. The van der Waals surface area contributed by atoms with Crippen molar-refractivity contribution in [2.75, 3.05) is 0 Å². The van der Waals surface area contributed by atoms with Crippen LogP contribution in [0.4, 0.5) is 0 Å². The Bertz CT molecular complexity index is 275. The number of hydrogen-bond acceptors (Lipinski definition) is 2. The summed E-state index contributed by atoms with van der Waals surface area (Å²) in [5.74, 6) is 0.389. The SMILES string of the molecule is Cl.N=C(N)c1cc(CCl)ccn1. The van der Waals surface area contributed by atoms with Crippen LogP contribution in [0.1, 0.15) is 11.3 Å². The first-order chi connectivity index (χ1) is 5.24. The minimum Gasteiger partial charge on any atom is -0.382 e. The van der Waals surface area contributed by atoms with Gasteiger partial charge in [0.05, 0.1) is 0 Å². The third-order valence-electron chi connectivity index (χ3n) is 1.25. The molecule has 0 aliphatic carbocycles. The molecule has 1 aromatic heterocycles.